The van der Waals surface area contributed by atoms with Crippen LogP contribution < -0.4 is 0 Å². The lowest BCUT2D eigenvalue weighted by molar-refractivity contribution is 0.0813. The maximum absolute atomic E-state index is 13.9. The highest BCUT2D eigenvalue weighted by molar-refractivity contribution is 5.87. The van der Waals surface area contributed by atoms with Crippen molar-refractivity contribution in [3.63, 3.8) is 0 Å². The highest BCUT2D eigenvalue weighted by Crippen LogP contribution is 2.46. The average molecular weight is 415 g/mol. The van der Waals surface area contributed by atoms with Gasteiger partial charge in [-0.15, -0.1) is 0 Å². The molecule has 0 fully saturated rings. The number of benzene rings is 2. The molecule has 0 spiro atoms. The summed E-state index contributed by atoms with van der Waals surface area (Å²) in [5.41, 5.74) is 5.70. The van der Waals surface area contributed by atoms with E-state index in [1.54, 1.807) is 4.68 Å². The molecule has 0 radical (unpaired) electrons. The quantitative estimate of drug-likeness (QED) is 0.440. The van der Waals surface area contributed by atoms with Crippen LogP contribution in [0.4, 0.5) is 0 Å². The SMILES string of the molecule is CC(C(=O)n1nc2c(c1-c1ccccc1)[C@H](C)CC[C@H]2C(C)C)C(C)c1ccccc1. The van der Waals surface area contributed by atoms with Gasteiger partial charge in [0, 0.05) is 23.0 Å². The predicted octanol–water partition coefficient (Wildman–Crippen LogP) is 7.27. The van der Waals surface area contributed by atoms with Crippen molar-refractivity contribution in [2.45, 2.75) is 65.2 Å². The Kier molecular flexibility index (Phi) is 6.13. The molecule has 0 aliphatic heterocycles. The molecule has 4 rings (SSSR count). The monoisotopic (exact) mass is 414 g/mol. The normalized spacial score (nSPS) is 20.3. The lowest BCUT2D eigenvalue weighted by Crippen LogP contribution is -2.25. The summed E-state index contributed by atoms with van der Waals surface area (Å²) in [4.78, 5) is 13.9. The molecule has 1 heterocycles. The Morgan fingerprint density at radius 2 is 1.55 bits per heavy atom. The summed E-state index contributed by atoms with van der Waals surface area (Å²) in [5, 5.41) is 5.04. The summed E-state index contributed by atoms with van der Waals surface area (Å²) in [6, 6.07) is 20.7. The molecule has 0 saturated heterocycles. The van der Waals surface area contributed by atoms with E-state index in [0.29, 0.717) is 17.8 Å². The highest BCUT2D eigenvalue weighted by atomic mass is 16.2. The standard InChI is InChI=1S/C28H34N2O/c1-18(2)24-17-16-19(3)25-26(24)29-30(27(25)23-14-10-7-11-15-23)28(31)21(5)20(4)22-12-8-6-9-13-22/h6-15,18-21,24H,16-17H2,1-5H3/t19-,20?,21?,24+/m1/s1. The molecule has 0 bridgehead atoms. The lowest BCUT2D eigenvalue weighted by atomic mass is 9.75. The van der Waals surface area contributed by atoms with Crippen molar-refractivity contribution in [3.8, 4) is 11.3 Å². The van der Waals surface area contributed by atoms with Gasteiger partial charge in [-0.05, 0) is 36.2 Å². The van der Waals surface area contributed by atoms with Gasteiger partial charge < -0.3 is 0 Å². The number of nitrogens with zero attached hydrogens (tertiary/aromatic N) is 2. The van der Waals surface area contributed by atoms with E-state index in [9.17, 15) is 4.79 Å². The fourth-order valence-electron chi connectivity index (χ4n) is 5.05. The lowest BCUT2D eigenvalue weighted by Gasteiger charge is -2.28. The molecule has 1 aliphatic carbocycles. The van der Waals surface area contributed by atoms with Crippen LogP contribution in [0.25, 0.3) is 11.3 Å². The zero-order valence-corrected chi connectivity index (χ0v) is 19.4. The van der Waals surface area contributed by atoms with Gasteiger partial charge in [0.25, 0.3) is 5.91 Å². The number of hydrogen-bond acceptors (Lipinski definition) is 2. The fraction of sp³-hybridized carbons (Fsp3) is 0.429. The van der Waals surface area contributed by atoms with Gasteiger partial charge in [-0.3, -0.25) is 4.79 Å². The van der Waals surface area contributed by atoms with Crippen molar-refractivity contribution in [1.29, 1.82) is 0 Å². The smallest absolute Gasteiger partial charge is 0.250 e. The molecule has 1 aliphatic rings. The summed E-state index contributed by atoms with van der Waals surface area (Å²) < 4.78 is 1.75. The minimum atomic E-state index is -0.168. The zero-order valence-electron chi connectivity index (χ0n) is 19.4. The van der Waals surface area contributed by atoms with E-state index in [1.165, 1.54) is 11.1 Å². The van der Waals surface area contributed by atoms with Crippen LogP contribution >= 0.6 is 0 Å². The molecule has 162 valence electrons. The van der Waals surface area contributed by atoms with Crippen LogP contribution in [-0.4, -0.2) is 15.7 Å². The Morgan fingerprint density at radius 3 is 2.16 bits per heavy atom. The van der Waals surface area contributed by atoms with Crippen molar-refractivity contribution >= 4 is 5.91 Å². The Bertz CT molecular complexity index is 1040. The van der Waals surface area contributed by atoms with Crippen LogP contribution in [0.5, 0.6) is 0 Å². The molecule has 4 atom stereocenters. The molecular weight excluding hydrogens is 380 g/mol. The minimum Gasteiger partial charge on any atom is -0.272 e. The van der Waals surface area contributed by atoms with Gasteiger partial charge in [0.15, 0.2) is 0 Å². The topological polar surface area (TPSA) is 34.9 Å². The van der Waals surface area contributed by atoms with E-state index >= 15 is 0 Å². The zero-order chi connectivity index (χ0) is 22.1. The van der Waals surface area contributed by atoms with Crippen LogP contribution in [0.15, 0.2) is 60.7 Å². The Balaban J connectivity index is 1.83. The van der Waals surface area contributed by atoms with Gasteiger partial charge in [0.05, 0.1) is 11.4 Å². The van der Waals surface area contributed by atoms with Crippen LogP contribution in [0.1, 0.15) is 86.8 Å². The largest absolute Gasteiger partial charge is 0.272 e. The maximum Gasteiger partial charge on any atom is 0.250 e. The molecule has 0 saturated carbocycles. The van der Waals surface area contributed by atoms with Crippen LogP contribution in [0.2, 0.25) is 0 Å². The second kappa shape index (κ2) is 8.82. The van der Waals surface area contributed by atoms with E-state index in [4.69, 9.17) is 5.10 Å². The molecule has 3 heteroatoms. The first-order valence-corrected chi connectivity index (χ1v) is 11.7. The van der Waals surface area contributed by atoms with Crippen LogP contribution in [-0.2, 0) is 0 Å². The van der Waals surface area contributed by atoms with E-state index in [1.807, 2.05) is 43.3 Å². The highest BCUT2D eigenvalue weighted by Gasteiger charge is 2.36. The van der Waals surface area contributed by atoms with E-state index < -0.39 is 0 Å². The number of fused-ring (bicyclic) bond motifs is 1. The minimum absolute atomic E-state index is 0.0827. The molecule has 0 N–H and O–H groups in total. The van der Waals surface area contributed by atoms with Gasteiger partial charge in [0.1, 0.15) is 0 Å². The third kappa shape index (κ3) is 3.98. The number of carbonyl (C=O) groups is 1. The summed E-state index contributed by atoms with van der Waals surface area (Å²) in [7, 11) is 0. The summed E-state index contributed by atoms with van der Waals surface area (Å²) in [5.74, 6) is 1.36. The Labute approximate surface area is 186 Å². The molecule has 0 amide bonds. The van der Waals surface area contributed by atoms with Gasteiger partial charge in [-0.25, -0.2) is 0 Å². The van der Waals surface area contributed by atoms with Gasteiger partial charge in [-0.2, -0.15) is 9.78 Å². The van der Waals surface area contributed by atoms with Gasteiger partial charge >= 0.3 is 0 Å². The van der Waals surface area contributed by atoms with Crippen LogP contribution in [0, 0.1) is 11.8 Å². The van der Waals surface area contributed by atoms with Gasteiger partial charge in [-0.1, -0.05) is 95.3 Å². The molecule has 31 heavy (non-hydrogen) atoms. The van der Waals surface area contributed by atoms with Crippen molar-refractivity contribution in [3.05, 3.63) is 77.5 Å². The third-order valence-corrected chi connectivity index (χ3v) is 7.23. The van der Waals surface area contributed by atoms with E-state index in [2.05, 4.69) is 52.0 Å². The van der Waals surface area contributed by atoms with Crippen molar-refractivity contribution < 1.29 is 4.79 Å². The number of hydrogen-bond donors (Lipinski definition) is 0. The number of rotatable bonds is 5. The molecule has 2 unspecified atom stereocenters. The van der Waals surface area contributed by atoms with Gasteiger partial charge in [0.2, 0.25) is 0 Å². The first-order valence-electron chi connectivity index (χ1n) is 11.7. The van der Waals surface area contributed by atoms with Crippen molar-refractivity contribution in [2.24, 2.45) is 11.8 Å². The van der Waals surface area contributed by atoms with E-state index in [-0.39, 0.29) is 17.7 Å². The summed E-state index contributed by atoms with van der Waals surface area (Å²) in [6.07, 6.45) is 2.28. The van der Waals surface area contributed by atoms with Crippen LogP contribution in [0.3, 0.4) is 0 Å². The average Bonchev–Trinajstić information content (AvgIpc) is 3.20. The molecule has 2 aromatic carbocycles. The number of carbonyl (C=O) groups excluding carboxylic acids is 1. The second-order valence-electron chi connectivity index (χ2n) is 9.58. The molecule has 3 aromatic rings. The van der Waals surface area contributed by atoms with Crippen molar-refractivity contribution in [1.82, 2.24) is 9.78 Å². The Morgan fingerprint density at radius 1 is 0.935 bits per heavy atom. The first-order chi connectivity index (χ1) is 14.9. The molecular formula is C28H34N2O. The summed E-state index contributed by atoms with van der Waals surface area (Å²) >= 11 is 0. The molecule has 3 nitrogen and oxygen atoms in total. The third-order valence-electron chi connectivity index (χ3n) is 7.23. The molecule has 1 aromatic heterocycles. The fourth-order valence-corrected chi connectivity index (χ4v) is 5.05. The summed E-state index contributed by atoms with van der Waals surface area (Å²) in [6.45, 7) is 11.0. The van der Waals surface area contributed by atoms with Crippen molar-refractivity contribution in [2.75, 3.05) is 0 Å². The second-order valence-corrected chi connectivity index (χ2v) is 9.58. The predicted molar refractivity (Wildman–Crippen MR) is 128 cm³/mol. The Hall–Kier alpha value is -2.68. The first kappa shape index (κ1) is 21.5. The maximum atomic E-state index is 13.9. The van der Waals surface area contributed by atoms with E-state index in [0.717, 1.165) is 29.8 Å². The number of aromatic nitrogens is 2.